The molecule has 0 unspecified atom stereocenters. The van der Waals surface area contributed by atoms with Gasteiger partial charge in [0.05, 0.1) is 13.7 Å². The Morgan fingerprint density at radius 3 is 2.64 bits per heavy atom. The number of carbonyl (C=O) groups excluding carboxylic acids is 1. The highest BCUT2D eigenvalue weighted by Gasteiger charge is 2.14. The van der Waals surface area contributed by atoms with Gasteiger partial charge in [-0.1, -0.05) is 19.9 Å². The largest absolute Gasteiger partial charge is 0.496 e. The lowest BCUT2D eigenvalue weighted by molar-refractivity contribution is -0.112. The quantitative estimate of drug-likeness (QED) is 0.539. The molecule has 5 nitrogen and oxygen atoms in total. The van der Waals surface area contributed by atoms with Crippen LogP contribution in [0.3, 0.4) is 0 Å². The molecule has 5 heteroatoms. The number of benzene rings is 2. The molecule has 0 aliphatic heterocycles. The molecular formula is C23H26N2O3. The van der Waals surface area contributed by atoms with Crippen LogP contribution in [0.4, 0.5) is 5.69 Å². The van der Waals surface area contributed by atoms with Crippen LogP contribution >= 0.6 is 0 Å². The van der Waals surface area contributed by atoms with Crippen LogP contribution < -0.4 is 14.8 Å². The van der Waals surface area contributed by atoms with Gasteiger partial charge in [-0.15, -0.1) is 0 Å². The second kappa shape index (κ2) is 9.61. The first-order valence-electron chi connectivity index (χ1n) is 9.24. The maximum absolute atomic E-state index is 12.6. The highest BCUT2D eigenvalue weighted by molar-refractivity contribution is 6.09. The monoisotopic (exact) mass is 378 g/mol. The lowest BCUT2D eigenvalue weighted by Crippen LogP contribution is -2.13. The minimum Gasteiger partial charge on any atom is -0.496 e. The van der Waals surface area contributed by atoms with Gasteiger partial charge in [0.15, 0.2) is 0 Å². The van der Waals surface area contributed by atoms with Gasteiger partial charge in [0.2, 0.25) is 0 Å². The minimum atomic E-state index is -0.461. The van der Waals surface area contributed by atoms with E-state index in [2.05, 4.69) is 19.2 Å². The summed E-state index contributed by atoms with van der Waals surface area (Å²) in [6.07, 6.45) is 1.61. The van der Waals surface area contributed by atoms with E-state index in [1.54, 1.807) is 31.4 Å². The maximum atomic E-state index is 12.6. The summed E-state index contributed by atoms with van der Waals surface area (Å²) in [6.45, 7) is 8.50. The Hall–Kier alpha value is -3.26. The third-order valence-corrected chi connectivity index (χ3v) is 4.31. The van der Waals surface area contributed by atoms with Crippen LogP contribution in [0.2, 0.25) is 0 Å². The van der Waals surface area contributed by atoms with E-state index in [1.807, 2.05) is 38.1 Å². The third kappa shape index (κ3) is 5.14. The fraction of sp³-hybridized carbons (Fsp3) is 0.304. The van der Waals surface area contributed by atoms with Gasteiger partial charge in [0.1, 0.15) is 23.1 Å². The van der Waals surface area contributed by atoms with Crippen LogP contribution in [0.25, 0.3) is 6.08 Å². The number of ether oxygens (including phenoxy) is 2. The molecule has 2 rings (SSSR count). The van der Waals surface area contributed by atoms with Crippen molar-refractivity contribution in [3.8, 4) is 17.6 Å². The first-order valence-corrected chi connectivity index (χ1v) is 9.24. The van der Waals surface area contributed by atoms with Gasteiger partial charge < -0.3 is 14.8 Å². The highest BCUT2D eigenvalue weighted by atomic mass is 16.5. The molecule has 0 radical (unpaired) electrons. The number of nitrogens with one attached hydrogen (secondary N) is 1. The summed E-state index contributed by atoms with van der Waals surface area (Å²) in [5.41, 5.74) is 3.39. The average molecular weight is 378 g/mol. The normalized spacial score (nSPS) is 11.1. The second-order valence-electron chi connectivity index (χ2n) is 6.69. The number of nitrogens with zero attached hydrogens (tertiary/aromatic N) is 1. The fourth-order valence-corrected chi connectivity index (χ4v) is 2.83. The van der Waals surface area contributed by atoms with Crippen molar-refractivity contribution in [1.82, 2.24) is 0 Å². The molecule has 146 valence electrons. The van der Waals surface area contributed by atoms with E-state index < -0.39 is 5.91 Å². The standard InChI is InChI=1S/C23H26N2O3/c1-6-28-20-9-7-8-19(13-20)25-23(26)18(14-24)11-17-12-21(15(2)3)22(27-5)10-16(17)4/h7-13,15H,6H2,1-5H3,(H,25,26)/b18-11-. The van der Waals surface area contributed by atoms with E-state index in [9.17, 15) is 10.1 Å². The molecule has 0 atom stereocenters. The number of aryl methyl sites for hydroxylation is 1. The molecule has 0 fully saturated rings. The Balaban J connectivity index is 2.33. The summed E-state index contributed by atoms with van der Waals surface area (Å²) in [5.74, 6) is 1.26. The Bertz CT molecular complexity index is 924. The van der Waals surface area contributed by atoms with Gasteiger partial charge >= 0.3 is 0 Å². The number of anilines is 1. The van der Waals surface area contributed by atoms with E-state index in [1.165, 1.54) is 0 Å². The van der Waals surface area contributed by atoms with Crippen LogP contribution in [0.5, 0.6) is 11.5 Å². The molecule has 2 aromatic rings. The molecule has 0 bridgehead atoms. The summed E-state index contributed by atoms with van der Waals surface area (Å²) < 4.78 is 10.9. The van der Waals surface area contributed by atoms with Crippen molar-refractivity contribution in [2.24, 2.45) is 0 Å². The average Bonchev–Trinajstić information content (AvgIpc) is 2.67. The van der Waals surface area contributed by atoms with Gasteiger partial charge in [0, 0.05) is 11.8 Å². The van der Waals surface area contributed by atoms with E-state index in [0.717, 1.165) is 22.4 Å². The summed E-state index contributed by atoms with van der Waals surface area (Å²) in [5, 5.41) is 12.3. The first kappa shape index (κ1) is 21.0. The number of rotatable bonds is 7. The molecule has 0 saturated heterocycles. The zero-order valence-electron chi connectivity index (χ0n) is 17.0. The number of methoxy groups -OCH3 is 1. The number of hydrogen-bond donors (Lipinski definition) is 1. The lowest BCUT2D eigenvalue weighted by Gasteiger charge is -2.15. The molecule has 1 amide bonds. The van der Waals surface area contributed by atoms with E-state index in [4.69, 9.17) is 9.47 Å². The van der Waals surface area contributed by atoms with Crippen molar-refractivity contribution >= 4 is 17.7 Å². The molecule has 0 saturated carbocycles. The Morgan fingerprint density at radius 1 is 1.29 bits per heavy atom. The van der Waals surface area contributed by atoms with Gasteiger partial charge in [-0.2, -0.15) is 5.26 Å². The van der Waals surface area contributed by atoms with Crippen molar-refractivity contribution in [1.29, 1.82) is 5.26 Å². The number of amides is 1. The number of carbonyl (C=O) groups is 1. The number of nitriles is 1. The van der Waals surface area contributed by atoms with Gasteiger partial charge in [0.25, 0.3) is 5.91 Å². The molecule has 0 aliphatic rings. The highest BCUT2D eigenvalue weighted by Crippen LogP contribution is 2.30. The smallest absolute Gasteiger partial charge is 0.266 e. The van der Waals surface area contributed by atoms with Crippen LogP contribution in [-0.2, 0) is 4.79 Å². The molecule has 0 aromatic heterocycles. The zero-order chi connectivity index (χ0) is 20.7. The maximum Gasteiger partial charge on any atom is 0.266 e. The zero-order valence-corrected chi connectivity index (χ0v) is 17.0. The van der Waals surface area contributed by atoms with Gasteiger partial charge in [-0.05, 0) is 66.8 Å². The summed E-state index contributed by atoms with van der Waals surface area (Å²) in [6, 6.07) is 13.0. The third-order valence-electron chi connectivity index (χ3n) is 4.31. The minimum absolute atomic E-state index is 0.0322. The van der Waals surface area contributed by atoms with Crippen LogP contribution in [0.1, 0.15) is 43.4 Å². The Labute approximate surface area is 166 Å². The van der Waals surface area contributed by atoms with E-state index in [0.29, 0.717) is 18.0 Å². The molecule has 28 heavy (non-hydrogen) atoms. The van der Waals surface area contributed by atoms with E-state index in [-0.39, 0.29) is 11.5 Å². The van der Waals surface area contributed by atoms with Crippen LogP contribution in [-0.4, -0.2) is 19.6 Å². The SMILES string of the molecule is CCOc1cccc(NC(=O)/C(C#N)=C\c2cc(C(C)C)c(OC)cc2C)c1. The van der Waals surface area contributed by atoms with Crippen molar-refractivity contribution in [3.63, 3.8) is 0 Å². The molecule has 2 aromatic carbocycles. The van der Waals surface area contributed by atoms with Crippen LogP contribution in [0, 0.1) is 18.3 Å². The molecule has 1 N–H and O–H groups in total. The van der Waals surface area contributed by atoms with Crippen molar-refractivity contribution < 1.29 is 14.3 Å². The first-order chi connectivity index (χ1) is 13.4. The second-order valence-corrected chi connectivity index (χ2v) is 6.69. The summed E-state index contributed by atoms with van der Waals surface area (Å²) in [7, 11) is 1.64. The summed E-state index contributed by atoms with van der Waals surface area (Å²) in [4.78, 5) is 12.6. The van der Waals surface area contributed by atoms with Crippen LogP contribution in [0.15, 0.2) is 42.0 Å². The van der Waals surface area contributed by atoms with E-state index >= 15 is 0 Å². The molecule has 0 heterocycles. The van der Waals surface area contributed by atoms with Crippen molar-refractivity contribution in [3.05, 3.63) is 58.7 Å². The molecular weight excluding hydrogens is 352 g/mol. The predicted octanol–water partition coefficient (Wildman–Crippen LogP) is 5.07. The lowest BCUT2D eigenvalue weighted by atomic mass is 9.95. The van der Waals surface area contributed by atoms with Crippen molar-refractivity contribution in [2.45, 2.75) is 33.6 Å². The fourth-order valence-electron chi connectivity index (χ4n) is 2.83. The summed E-state index contributed by atoms with van der Waals surface area (Å²) >= 11 is 0. The Morgan fingerprint density at radius 2 is 2.04 bits per heavy atom. The van der Waals surface area contributed by atoms with Gasteiger partial charge in [-0.25, -0.2) is 0 Å². The Kier molecular flexibility index (Phi) is 7.22. The van der Waals surface area contributed by atoms with Crippen molar-refractivity contribution in [2.75, 3.05) is 19.0 Å². The molecule has 0 aliphatic carbocycles. The topological polar surface area (TPSA) is 71.3 Å². The molecule has 0 spiro atoms. The predicted molar refractivity (Wildman–Crippen MR) is 112 cm³/mol. The number of hydrogen-bond acceptors (Lipinski definition) is 4. The van der Waals surface area contributed by atoms with Gasteiger partial charge in [-0.3, -0.25) is 4.79 Å².